The fraction of sp³-hybridized carbons (Fsp3) is 0.478. The van der Waals surface area contributed by atoms with E-state index in [0.29, 0.717) is 11.5 Å². The average Bonchev–Trinajstić information content (AvgIpc) is 2.57. The van der Waals surface area contributed by atoms with Crippen LogP contribution < -0.4 is 9.78 Å². The highest BCUT2D eigenvalue weighted by molar-refractivity contribution is 5.53. The molecule has 0 unspecified atom stereocenters. The van der Waals surface area contributed by atoms with Crippen molar-refractivity contribution >= 4 is 0 Å². The van der Waals surface area contributed by atoms with Gasteiger partial charge < -0.3 is 9.78 Å². The first-order chi connectivity index (χ1) is 12.4. The van der Waals surface area contributed by atoms with Crippen LogP contribution in [0.15, 0.2) is 48.5 Å². The molecular weight excluding hydrogens is 340 g/mol. The maximum absolute atomic E-state index is 5.80. The molecule has 4 nitrogen and oxygen atoms in total. The molecule has 0 fully saturated rings. The van der Waals surface area contributed by atoms with Crippen molar-refractivity contribution in [3.05, 3.63) is 59.7 Å². The molecule has 0 atom stereocenters. The molecule has 2 aromatic carbocycles. The summed E-state index contributed by atoms with van der Waals surface area (Å²) in [4.78, 5) is 22.6. The van der Waals surface area contributed by atoms with Gasteiger partial charge in [-0.3, -0.25) is 0 Å². The van der Waals surface area contributed by atoms with E-state index in [1.54, 1.807) is 0 Å². The smallest absolute Gasteiger partial charge is 0.215 e. The van der Waals surface area contributed by atoms with Crippen molar-refractivity contribution in [3.8, 4) is 11.5 Å². The number of para-hydroxylation sites is 1. The van der Waals surface area contributed by atoms with Gasteiger partial charge >= 0.3 is 0 Å². The molecule has 4 heteroatoms. The molecule has 0 aromatic heterocycles. The quantitative estimate of drug-likeness (QED) is 0.445. The molecule has 0 N–H and O–H groups in total. The summed E-state index contributed by atoms with van der Waals surface area (Å²) in [6.45, 7) is 15.9. The van der Waals surface area contributed by atoms with Crippen molar-refractivity contribution in [2.45, 2.75) is 72.0 Å². The second-order valence-electron chi connectivity index (χ2n) is 9.18. The summed E-state index contributed by atoms with van der Waals surface area (Å²) in [5, 5.41) is 0. The van der Waals surface area contributed by atoms with Crippen molar-refractivity contribution < 1.29 is 19.6 Å². The fourth-order valence-electron chi connectivity index (χ4n) is 2.51. The molecule has 0 aliphatic rings. The Morgan fingerprint density at radius 1 is 0.593 bits per heavy atom. The van der Waals surface area contributed by atoms with Gasteiger partial charge in [0.15, 0.2) is 0 Å². The molecule has 0 saturated carbocycles. The van der Waals surface area contributed by atoms with Crippen LogP contribution in [0.2, 0.25) is 0 Å². The van der Waals surface area contributed by atoms with Gasteiger partial charge in [0.2, 0.25) is 11.5 Å². The molecule has 0 bridgehead atoms. The van der Waals surface area contributed by atoms with Gasteiger partial charge in [-0.05, 0) is 53.2 Å². The monoisotopic (exact) mass is 372 g/mol. The summed E-state index contributed by atoms with van der Waals surface area (Å²) in [5.74, 6) is 1.00. The molecule has 0 saturated heterocycles. The van der Waals surface area contributed by atoms with E-state index in [0.717, 1.165) is 5.56 Å². The molecule has 148 valence electrons. The first-order valence-corrected chi connectivity index (χ1v) is 9.30. The van der Waals surface area contributed by atoms with Crippen LogP contribution in [-0.4, -0.2) is 11.2 Å². The van der Waals surface area contributed by atoms with Crippen molar-refractivity contribution in [1.29, 1.82) is 0 Å². The van der Waals surface area contributed by atoms with Gasteiger partial charge in [-0.2, -0.15) is 9.78 Å². The predicted octanol–water partition coefficient (Wildman–Crippen LogP) is 6.23. The third-order valence-corrected chi connectivity index (χ3v) is 3.90. The van der Waals surface area contributed by atoms with Gasteiger partial charge in [-0.15, -0.1) is 0 Å². The van der Waals surface area contributed by atoms with E-state index in [4.69, 9.17) is 19.6 Å². The molecule has 0 aliphatic carbocycles. The normalized spacial score (nSPS) is 12.7. The Balaban J connectivity index is 2.49. The molecule has 0 spiro atoms. The molecule has 2 aromatic rings. The first kappa shape index (κ1) is 21.3. The third kappa shape index (κ3) is 5.98. The minimum Gasteiger partial charge on any atom is -0.333 e. The van der Waals surface area contributed by atoms with E-state index < -0.39 is 11.2 Å². The van der Waals surface area contributed by atoms with Gasteiger partial charge in [-0.1, -0.05) is 56.3 Å². The molecule has 0 radical (unpaired) electrons. The summed E-state index contributed by atoms with van der Waals surface area (Å²) in [6, 6.07) is 16.1. The number of hydrogen-bond donors (Lipinski definition) is 0. The zero-order valence-corrected chi connectivity index (χ0v) is 17.8. The molecule has 2 rings (SSSR count). The lowest BCUT2D eigenvalue weighted by atomic mass is 9.77. The summed E-state index contributed by atoms with van der Waals surface area (Å²) in [7, 11) is 0. The third-order valence-electron chi connectivity index (χ3n) is 3.90. The number of rotatable bonds is 6. The highest BCUT2D eigenvalue weighted by Crippen LogP contribution is 2.43. The van der Waals surface area contributed by atoms with Crippen molar-refractivity contribution in [2.24, 2.45) is 0 Å². The van der Waals surface area contributed by atoms with E-state index in [1.807, 2.05) is 77.9 Å². The number of hydrogen-bond acceptors (Lipinski definition) is 4. The van der Waals surface area contributed by atoms with E-state index in [9.17, 15) is 0 Å². The summed E-state index contributed by atoms with van der Waals surface area (Å²) in [6.07, 6.45) is 0. The van der Waals surface area contributed by atoms with Crippen LogP contribution in [0.4, 0.5) is 0 Å². The van der Waals surface area contributed by atoms with E-state index >= 15 is 0 Å². The average molecular weight is 373 g/mol. The van der Waals surface area contributed by atoms with Crippen LogP contribution in [0.5, 0.6) is 11.5 Å². The SMILES string of the molecule is CC(C)(C)OOc1cccc(C(C)(C)c2ccccc2)c1OOC(C)(C)C. The minimum absolute atomic E-state index is 0.320. The maximum Gasteiger partial charge on any atom is 0.215 e. The van der Waals surface area contributed by atoms with Crippen LogP contribution in [0.3, 0.4) is 0 Å². The maximum atomic E-state index is 5.80. The van der Waals surface area contributed by atoms with Crippen LogP contribution in [0.1, 0.15) is 66.5 Å². The number of benzene rings is 2. The topological polar surface area (TPSA) is 36.9 Å². The Bertz CT molecular complexity index is 737. The van der Waals surface area contributed by atoms with Crippen molar-refractivity contribution in [3.63, 3.8) is 0 Å². The van der Waals surface area contributed by atoms with Gasteiger partial charge in [-0.25, -0.2) is 0 Å². The van der Waals surface area contributed by atoms with Crippen molar-refractivity contribution in [2.75, 3.05) is 0 Å². The highest BCUT2D eigenvalue weighted by Gasteiger charge is 2.31. The Hall–Kier alpha value is -2.04. The Labute approximate surface area is 163 Å². The Morgan fingerprint density at radius 2 is 1.15 bits per heavy atom. The Morgan fingerprint density at radius 3 is 1.70 bits per heavy atom. The Kier molecular flexibility index (Phi) is 6.23. The zero-order chi connectivity index (χ0) is 20.3. The van der Waals surface area contributed by atoms with Gasteiger partial charge in [0, 0.05) is 11.0 Å². The summed E-state index contributed by atoms with van der Waals surface area (Å²) < 4.78 is 0. The van der Waals surface area contributed by atoms with Crippen molar-refractivity contribution in [1.82, 2.24) is 0 Å². The molecule has 27 heavy (non-hydrogen) atoms. The standard InChI is InChI=1S/C23H32O4/c1-21(2,3)26-24-19-16-12-15-18(20(19)25-27-22(4,5)6)23(7,8)17-13-10-9-11-14-17/h9-16H,1-8H3. The molecule has 0 amide bonds. The largest absolute Gasteiger partial charge is 0.333 e. The second-order valence-corrected chi connectivity index (χ2v) is 9.18. The second kappa shape index (κ2) is 7.91. The van der Waals surface area contributed by atoms with E-state index in [-0.39, 0.29) is 5.41 Å². The molecule has 0 aliphatic heterocycles. The van der Waals surface area contributed by atoms with E-state index in [1.165, 1.54) is 5.56 Å². The predicted molar refractivity (Wildman–Crippen MR) is 108 cm³/mol. The summed E-state index contributed by atoms with van der Waals surface area (Å²) in [5.41, 5.74) is 0.880. The lowest BCUT2D eigenvalue weighted by molar-refractivity contribution is -0.292. The van der Waals surface area contributed by atoms with Crippen LogP contribution in [0.25, 0.3) is 0 Å². The summed E-state index contributed by atoms with van der Waals surface area (Å²) >= 11 is 0. The van der Waals surface area contributed by atoms with E-state index in [2.05, 4.69) is 26.0 Å². The lowest BCUT2D eigenvalue weighted by Gasteiger charge is -2.30. The van der Waals surface area contributed by atoms with Crippen LogP contribution in [0, 0.1) is 0 Å². The molecular formula is C23H32O4. The first-order valence-electron chi connectivity index (χ1n) is 9.30. The lowest BCUT2D eigenvalue weighted by Crippen LogP contribution is -2.26. The minimum atomic E-state index is -0.466. The van der Waals surface area contributed by atoms with Gasteiger partial charge in [0.05, 0.1) is 0 Å². The highest BCUT2D eigenvalue weighted by atomic mass is 17.2. The molecule has 0 heterocycles. The van der Waals surface area contributed by atoms with Gasteiger partial charge in [0.25, 0.3) is 0 Å². The fourth-order valence-corrected chi connectivity index (χ4v) is 2.51. The zero-order valence-electron chi connectivity index (χ0n) is 17.8. The van der Waals surface area contributed by atoms with Crippen LogP contribution in [-0.2, 0) is 15.2 Å². The van der Waals surface area contributed by atoms with Crippen LogP contribution >= 0.6 is 0 Å². The van der Waals surface area contributed by atoms with Gasteiger partial charge in [0.1, 0.15) is 11.2 Å².